The molecule has 0 saturated carbocycles. The number of piperidine rings is 2. The molecule has 1 unspecified atom stereocenters. The van der Waals surface area contributed by atoms with Crippen LogP contribution in [0, 0.1) is 17.2 Å². The average Bonchev–Trinajstić information content (AvgIpc) is 2.40. The Balaban J connectivity index is 1.79. The monoisotopic (exact) mass is 235 g/mol. The van der Waals surface area contributed by atoms with Crippen LogP contribution in [0.25, 0.3) is 0 Å². The first kappa shape index (κ1) is 12.4. The summed E-state index contributed by atoms with van der Waals surface area (Å²) in [4.78, 5) is 16.2. The van der Waals surface area contributed by atoms with E-state index in [1.165, 1.54) is 6.42 Å². The van der Waals surface area contributed by atoms with Crippen LogP contribution < -0.4 is 0 Å². The van der Waals surface area contributed by atoms with Crippen molar-refractivity contribution in [3.05, 3.63) is 0 Å². The van der Waals surface area contributed by atoms with Crippen molar-refractivity contribution in [3.8, 4) is 6.07 Å². The molecule has 2 aliphatic rings. The van der Waals surface area contributed by atoms with Crippen molar-refractivity contribution in [2.45, 2.75) is 32.1 Å². The van der Waals surface area contributed by atoms with Crippen LogP contribution in [0.2, 0.25) is 0 Å². The Morgan fingerprint density at radius 1 is 1.18 bits per heavy atom. The fourth-order valence-corrected chi connectivity index (χ4v) is 2.74. The Bertz CT molecular complexity index is 304. The van der Waals surface area contributed by atoms with E-state index in [0.717, 1.165) is 51.9 Å². The third-order valence-electron chi connectivity index (χ3n) is 3.76. The fourth-order valence-electron chi connectivity index (χ4n) is 2.74. The number of carbonyl (C=O) groups is 1. The van der Waals surface area contributed by atoms with Gasteiger partial charge in [-0.2, -0.15) is 5.26 Å². The Kier molecular flexibility index (Phi) is 4.38. The Labute approximate surface area is 103 Å². The van der Waals surface area contributed by atoms with Crippen LogP contribution in [0.3, 0.4) is 0 Å². The highest BCUT2D eigenvalue weighted by molar-refractivity contribution is 5.78. The van der Waals surface area contributed by atoms with Crippen LogP contribution in [-0.2, 0) is 4.79 Å². The minimum Gasteiger partial charge on any atom is -0.342 e. The van der Waals surface area contributed by atoms with E-state index in [1.54, 1.807) is 0 Å². The van der Waals surface area contributed by atoms with Crippen LogP contribution in [0.4, 0.5) is 0 Å². The molecule has 2 fully saturated rings. The van der Waals surface area contributed by atoms with E-state index in [0.29, 0.717) is 6.54 Å². The van der Waals surface area contributed by atoms with Crippen molar-refractivity contribution in [2.24, 2.45) is 5.92 Å². The predicted octanol–water partition coefficient (Wildman–Crippen LogP) is 1.23. The summed E-state index contributed by atoms with van der Waals surface area (Å²) in [5.41, 5.74) is 0. The minimum absolute atomic E-state index is 0.123. The lowest BCUT2D eigenvalue weighted by atomic mass is 10.00. The summed E-state index contributed by atoms with van der Waals surface area (Å²) in [5.74, 6) is 0.376. The SMILES string of the molecule is N#CC1CCCN(CC(=O)N2CCCCC2)C1. The number of hydrogen-bond donors (Lipinski definition) is 0. The van der Waals surface area contributed by atoms with Gasteiger partial charge in [0.05, 0.1) is 18.5 Å². The van der Waals surface area contributed by atoms with Gasteiger partial charge >= 0.3 is 0 Å². The molecule has 2 aliphatic heterocycles. The first-order valence-corrected chi connectivity index (χ1v) is 6.69. The number of rotatable bonds is 2. The third-order valence-corrected chi connectivity index (χ3v) is 3.76. The normalized spacial score (nSPS) is 26.5. The molecule has 4 nitrogen and oxygen atoms in total. The zero-order valence-electron chi connectivity index (χ0n) is 10.4. The molecule has 0 aliphatic carbocycles. The van der Waals surface area contributed by atoms with Gasteiger partial charge < -0.3 is 4.90 Å². The van der Waals surface area contributed by atoms with Crippen molar-refractivity contribution < 1.29 is 4.79 Å². The number of hydrogen-bond acceptors (Lipinski definition) is 3. The van der Waals surface area contributed by atoms with Crippen LogP contribution in [0.15, 0.2) is 0 Å². The highest BCUT2D eigenvalue weighted by Crippen LogP contribution is 2.16. The zero-order valence-corrected chi connectivity index (χ0v) is 10.4. The summed E-state index contributed by atoms with van der Waals surface area (Å²) in [5, 5.41) is 8.92. The van der Waals surface area contributed by atoms with Gasteiger partial charge in [-0.1, -0.05) is 0 Å². The molecule has 0 radical (unpaired) electrons. The van der Waals surface area contributed by atoms with E-state index in [9.17, 15) is 4.79 Å². The van der Waals surface area contributed by atoms with Gasteiger partial charge in [0.25, 0.3) is 0 Å². The van der Waals surface area contributed by atoms with E-state index in [2.05, 4.69) is 11.0 Å². The van der Waals surface area contributed by atoms with Gasteiger partial charge in [-0.05, 0) is 38.6 Å². The second-order valence-electron chi connectivity index (χ2n) is 5.14. The van der Waals surface area contributed by atoms with Gasteiger partial charge in [-0.25, -0.2) is 0 Å². The summed E-state index contributed by atoms with van der Waals surface area (Å²) < 4.78 is 0. The maximum absolute atomic E-state index is 12.1. The molecule has 94 valence electrons. The van der Waals surface area contributed by atoms with Crippen molar-refractivity contribution >= 4 is 5.91 Å². The number of amides is 1. The molecule has 0 spiro atoms. The Morgan fingerprint density at radius 3 is 2.65 bits per heavy atom. The predicted molar refractivity (Wildman–Crippen MR) is 65.2 cm³/mol. The lowest BCUT2D eigenvalue weighted by Crippen LogP contribution is -2.45. The van der Waals surface area contributed by atoms with Crippen molar-refractivity contribution in [1.82, 2.24) is 9.80 Å². The van der Waals surface area contributed by atoms with Crippen LogP contribution in [0.5, 0.6) is 0 Å². The quantitative estimate of drug-likeness (QED) is 0.723. The lowest BCUT2D eigenvalue weighted by molar-refractivity contribution is -0.133. The third kappa shape index (κ3) is 3.44. The van der Waals surface area contributed by atoms with Crippen LogP contribution in [0.1, 0.15) is 32.1 Å². The van der Waals surface area contributed by atoms with E-state index in [1.807, 2.05) is 4.90 Å². The molecule has 0 bridgehead atoms. The van der Waals surface area contributed by atoms with Gasteiger partial charge in [0.1, 0.15) is 0 Å². The lowest BCUT2D eigenvalue weighted by Gasteiger charge is -2.32. The molecular formula is C13H21N3O. The molecule has 1 atom stereocenters. The van der Waals surface area contributed by atoms with Gasteiger partial charge in [-0.15, -0.1) is 0 Å². The minimum atomic E-state index is 0.123. The van der Waals surface area contributed by atoms with Crippen LogP contribution >= 0.6 is 0 Å². The second-order valence-corrected chi connectivity index (χ2v) is 5.14. The molecule has 4 heteroatoms. The molecule has 2 heterocycles. The van der Waals surface area contributed by atoms with Crippen LogP contribution in [-0.4, -0.2) is 48.4 Å². The van der Waals surface area contributed by atoms with Gasteiger partial charge in [-0.3, -0.25) is 9.69 Å². The van der Waals surface area contributed by atoms with E-state index < -0.39 is 0 Å². The van der Waals surface area contributed by atoms with Crippen molar-refractivity contribution in [3.63, 3.8) is 0 Å². The summed E-state index contributed by atoms with van der Waals surface area (Å²) in [6.07, 6.45) is 5.58. The van der Waals surface area contributed by atoms with Crippen molar-refractivity contribution in [2.75, 3.05) is 32.7 Å². The van der Waals surface area contributed by atoms with Gasteiger partial charge in [0, 0.05) is 19.6 Å². The molecule has 1 amide bonds. The number of nitrogens with zero attached hydrogens (tertiary/aromatic N) is 3. The average molecular weight is 235 g/mol. The highest BCUT2D eigenvalue weighted by atomic mass is 16.2. The van der Waals surface area contributed by atoms with Gasteiger partial charge in [0.2, 0.25) is 5.91 Å². The molecule has 0 aromatic rings. The molecule has 0 aromatic heterocycles. The summed E-state index contributed by atoms with van der Waals surface area (Å²) >= 11 is 0. The molecule has 17 heavy (non-hydrogen) atoms. The first-order chi connectivity index (χ1) is 8.29. The maximum Gasteiger partial charge on any atom is 0.236 e. The molecule has 0 aromatic carbocycles. The molecule has 0 N–H and O–H groups in total. The second kappa shape index (κ2) is 6.02. The largest absolute Gasteiger partial charge is 0.342 e. The van der Waals surface area contributed by atoms with E-state index >= 15 is 0 Å². The zero-order chi connectivity index (χ0) is 12.1. The summed E-state index contributed by atoms with van der Waals surface area (Å²) in [6, 6.07) is 2.32. The van der Waals surface area contributed by atoms with Crippen molar-refractivity contribution in [1.29, 1.82) is 5.26 Å². The summed E-state index contributed by atoms with van der Waals surface area (Å²) in [6.45, 7) is 4.11. The Morgan fingerprint density at radius 2 is 1.94 bits per heavy atom. The topological polar surface area (TPSA) is 47.3 Å². The maximum atomic E-state index is 12.1. The standard InChI is InChI=1S/C13H21N3O/c14-9-12-5-4-6-15(10-12)11-13(17)16-7-2-1-3-8-16/h12H,1-8,10-11H2. The Hall–Kier alpha value is -1.08. The summed E-state index contributed by atoms with van der Waals surface area (Å²) in [7, 11) is 0. The number of nitriles is 1. The van der Waals surface area contributed by atoms with E-state index in [-0.39, 0.29) is 11.8 Å². The first-order valence-electron chi connectivity index (χ1n) is 6.69. The molecule has 2 saturated heterocycles. The van der Waals surface area contributed by atoms with E-state index in [4.69, 9.17) is 5.26 Å². The molecular weight excluding hydrogens is 214 g/mol. The van der Waals surface area contributed by atoms with Gasteiger partial charge in [0.15, 0.2) is 0 Å². The fraction of sp³-hybridized carbons (Fsp3) is 0.846. The number of carbonyl (C=O) groups excluding carboxylic acids is 1. The molecule has 2 rings (SSSR count). The number of likely N-dealkylation sites (tertiary alicyclic amines) is 2. The smallest absolute Gasteiger partial charge is 0.236 e. The highest BCUT2D eigenvalue weighted by Gasteiger charge is 2.24.